The van der Waals surface area contributed by atoms with Gasteiger partial charge in [-0.05, 0) is 31.0 Å². The first kappa shape index (κ1) is 14.0. The third-order valence-electron chi connectivity index (χ3n) is 4.19. The number of rotatable bonds is 3. The van der Waals surface area contributed by atoms with Crippen molar-refractivity contribution in [3.63, 3.8) is 0 Å². The summed E-state index contributed by atoms with van der Waals surface area (Å²) in [6.07, 6.45) is 7.63. The van der Waals surface area contributed by atoms with Gasteiger partial charge in [0.05, 0.1) is 17.1 Å². The van der Waals surface area contributed by atoms with Crippen molar-refractivity contribution in [3.8, 4) is 0 Å². The highest BCUT2D eigenvalue weighted by atomic mass is 35.5. The molecule has 4 heteroatoms. The van der Waals surface area contributed by atoms with Crippen LogP contribution in [0.4, 0.5) is 0 Å². The van der Waals surface area contributed by atoms with Gasteiger partial charge in [-0.15, -0.1) is 0 Å². The van der Waals surface area contributed by atoms with Gasteiger partial charge in [0.1, 0.15) is 0 Å². The van der Waals surface area contributed by atoms with Crippen LogP contribution in [0.1, 0.15) is 32.1 Å². The Labute approximate surface area is 128 Å². The summed E-state index contributed by atoms with van der Waals surface area (Å²) in [5, 5.41) is 2.19. The monoisotopic (exact) mass is 309 g/mol. The Balaban J connectivity index is 1.85. The first-order valence-corrected chi connectivity index (χ1v) is 7.87. The van der Waals surface area contributed by atoms with Crippen molar-refractivity contribution in [2.75, 3.05) is 0 Å². The summed E-state index contributed by atoms with van der Waals surface area (Å²) >= 11 is 12.2. The molecule has 106 valence electrons. The first-order valence-electron chi connectivity index (χ1n) is 7.12. The molecule has 1 aliphatic carbocycles. The number of ketones is 1. The molecule has 1 aliphatic rings. The molecule has 0 N–H and O–H groups in total. The van der Waals surface area contributed by atoms with E-state index in [1.165, 1.54) is 19.3 Å². The van der Waals surface area contributed by atoms with Crippen LogP contribution in [0.25, 0.3) is 10.9 Å². The van der Waals surface area contributed by atoms with Gasteiger partial charge in [0, 0.05) is 22.5 Å². The highest BCUT2D eigenvalue weighted by molar-refractivity contribution is 6.38. The molecule has 0 amide bonds. The van der Waals surface area contributed by atoms with E-state index in [-0.39, 0.29) is 5.92 Å². The van der Waals surface area contributed by atoms with Gasteiger partial charge < -0.3 is 4.57 Å². The lowest BCUT2D eigenvalue weighted by Crippen LogP contribution is -2.22. The minimum atomic E-state index is 0.232. The van der Waals surface area contributed by atoms with Crippen LogP contribution in [0.2, 0.25) is 10.0 Å². The SMILES string of the molecule is O=C(Cn1ccc2c(Cl)cc(Cl)cc21)C1CCCCC1. The zero-order valence-electron chi connectivity index (χ0n) is 11.2. The van der Waals surface area contributed by atoms with Crippen molar-refractivity contribution in [1.82, 2.24) is 4.57 Å². The van der Waals surface area contributed by atoms with E-state index in [1.807, 2.05) is 22.9 Å². The van der Waals surface area contributed by atoms with Gasteiger partial charge in [-0.1, -0.05) is 42.5 Å². The van der Waals surface area contributed by atoms with E-state index in [0.29, 0.717) is 22.4 Å². The van der Waals surface area contributed by atoms with E-state index in [1.54, 1.807) is 6.07 Å². The zero-order chi connectivity index (χ0) is 14.1. The second-order valence-electron chi connectivity index (χ2n) is 5.57. The molecule has 0 saturated heterocycles. The molecule has 2 nitrogen and oxygen atoms in total. The molecule has 1 heterocycles. The number of aromatic nitrogens is 1. The summed E-state index contributed by atoms with van der Waals surface area (Å²) in [5.74, 6) is 0.564. The first-order chi connectivity index (χ1) is 9.65. The van der Waals surface area contributed by atoms with E-state index in [2.05, 4.69) is 0 Å². The smallest absolute Gasteiger partial charge is 0.155 e. The summed E-state index contributed by atoms with van der Waals surface area (Å²) in [4.78, 5) is 12.4. The lowest BCUT2D eigenvalue weighted by molar-refractivity contribution is -0.124. The topological polar surface area (TPSA) is 22.0 Å². The lowest BCUT2D eigenvalue weighted by atomic mass is 9.86. The van der Waals surface area contributed by atoms with Crippen molar-refractivity contribution in [2.45, 2.75) is 38.6 Å². The van der Waals surface area contributed by atoms with Gasteiger partial charge >= 0.3 is 0 Å². The van der Waals surface area contributed by atoms with Gasteiger partial charge in [0.2, 0.25) is 0 Å². The number of benzene rings is 1. The van der Waals surface area contributed by atoms with Crippen molar-refractivity contribution >= 4 is 39.9 Å². The largest absolute Gasteiger partial charge is 0.340 e. The van der Waals surface area contributed by atoms with Crippen molar-refractivity contribution in [2.24, 2.45) is 5.92 Å². The quantitative estimate of drug-likeness (QED) is 0.773. The fraction of sp³-hybridized carbons (Fsp3) is 0.438. The Morgan fingerprint density at radius 2 is 1.95 bits per heavy atom. The highest BCUT2D eigenvalue weighted by Gasteiger charge is 2.21. The molecular formula is C16H17Cl2NO. The number of hydrogen-bond donors (Lipinski definition) is 0. The van der Waals surface area contributed by atoms with Crippen LogP contribution in [0, 0.1) is 5.92 Å². The number of fused-ring (bicyclic) bond motifs is 1. The Kier molecular flexibility index (Phi) is 4.04. The maximum absolute atomic E-state index is 12.4. The van der Waals surface area contributed by atoms with E-state index < -0.39 is 0 Å². The molecule has 0 aliphatic heterocycles. The van der Waals surface area contributed by atoms with Crippen LogP contribution in [-0.2, 0) is 11.3 Å². The predicted octanol–water partition coefficient (Wildman–Crippen LogP) is 5.10. The Hall–Kier alpha value is -0.990. The van der Waals surface area contributed by atoms with Gasteiger partial charge in [-0.3, -0.25) is 4.79 Å². The van der Waals surface area contributed by atoms with Crippen molar-refractivity contribution < 1.29 is 4.79 Å². The van der Waals surface area contributed by atoms with Crippen molar-refractivity contribution in [1.29, 1.82) is 0 Å². The molecule has 2 aromatic rings. The third kappa shape index (κ3) is 2.72. The zero-order valence-corrected chi connectivity index (χ0v) is 12.8. The highest BCUT2D eigenvalue weighted by Crippen LogP contribution is 2.30. The van der Waals surface area contributed by atoms with E-state index >= 15 is 0 Å². The predicted molar refractivity (Wildman–Crippen MR) is 83.5 cm³/mol. The molecule has 0 unspecified atom stereocenters. The summed E-state index contributed by atoms with van der Waals surface area (Å²) in [7, 11) is 0. The summed E-state index contributed by atoms with van der Waals surface area (Å²) in [6.45, 7) is 0.421. The average molecular weight is 310 g/mol. The number of hydrogen-bond acceptors (Lipinski definition) is 1. The molecule has 1 saturated carbocycles. The van der Waals surface area contributed by atoms with Crippen LogP contribution in [0.5, 0.6) is 0 Å². The average Bonchev–Trinajstić information content (AvgIpc) is 2.83. The van der Waals surface area contributed by atoms with Gasteiger partial charge in [0.15, 0.2) is 5.78 Å². The third-order valence-corrected chi connectivity index (χ3v) is 4.72. The maximum Gasteiger partial charge on any atom is 0.155 e. The number of halogens is 2. The summed E-state index contributed by atoms with van der Waals surface area (Å²) < 4.78 is 1.96. The molecule has 0 radical (unpaired) electrons. The van der Waals surface area contributed by atoms with Crippen molar-refractivity contribution in [3.05, 3.63) is 34.4 Å². The number of nitrogens with zero attached hydrogens (tertiary/aromatic N) is 1. The minimum absolute atomic E-state index is 0.232. The fourth-order valence-electron chi connectivity index (χ4n) is 3.08. The van der Waals surface area contributed by atoms with Crippen LogP contribution in [-0.4, -0.2) is 10.4 Å². The van der Waals surface area contributed by atoms with E-state index in [0.717, 1.165) is 23.7 Å². The van der Waals surface area contributed by atoms with Gasteiger partial charge in [-0.2, -0.15) is 0 Å². The molecule has 0 atom stereocenters. The standard InChI is InChI=1S/C16H17Cl2NO/c17-12-8-14(18)13-6-7-19(15(13)9-12)10-16(20)11-4-2-1-3-5-11/h6-9,11H,1-5,10H2. The summed E-state index contributed by atoms with van der Waals surface area (Å²) in [6, 6.07) is 5.55. The number of carbonyl (C=O) groups excluding carboxylic acids is 1. The Morgan fingerprint density at radius 3 is 2.70 bits per heavy atom. The van der Waals surface area contributed by atoms with E-state index in [4.69, 9.17) is 23.2 Å². The fourth-order valence-corrected chi connectivity index (χ4v) is 3.62. The molecule has 1 aromatic heterocycles. The molecular weight excluding hydrogens is 293 g/mol. The molecule has 0 bridgehead atoms. The second kappa shape index (κ2) is 5.79. The molecule has 20 heavy (non-hydrogen) atoms. The van der Waals surface area contributed by atoms with Gasteiger partial charge in [0.25, 0.3) is 0 Å². The van der Waals surface area contributed by atoms with Crippen LogP contribution >= 0.6 is 23.2 Å². The van der Waals surface area contributed by atoms with E-state index in [9.17, 15) is 4.79 Å². The number of Topliss-reactive ketones (excluding diaryl/α,β-unsaturated/α-hetero) is 1. The van der Waals surface area contributed by atoms with Gasteiger partial charge in [-0.25, -0.2) is 0 Å². The maximum atomic E-state index is 12.4. The second-order valence-corrected chi connectivity index (χ2v) is 6.41. The molecule has 1 aromatic carbocycles. The molecule has 3 rings (SSSR count). The summed E-state index contributed by atoms with van der Waals surface area (Å²) in [5.41, 5.74) is 0.937. The normalized spacial score (nSPS) is 16.7. The Morgan fingerprint density at radius 1 is 1.20 bits per heavy atom. The minimum Gasteiger partial charge on any atom is -0.340 e. The number of carbonyl (C=O) groups is 1. The lowest BCUT2D eigenvalue weighted by Gasteiger charge is -2.20. The Bertz CT molecular complexity index is 641. The van der Waals surface area contributed by atoms with Crippen LogP contribution in [0.3, 0.4) is 0 Å². The molecule has 1 fully saturated rings. The van der Waals surface area contributed by atoms with Crippen LogP contribution in [0.15, 0.2) is 24.4 Å². The van der Waals surface area contributed by atoms with Crippen LogP contribution < -0.4 is 0 Å². The molecule has 0 spiro atoms.